The van der Waals surface area contributed by atoms with E-state index >= 15 is 0 Å². The number of hydrogen-bond acceptors (Lipinski definition) is 2. The van der Waals surface area contributed by atoms with E-state index < -0.39 is 18.0 Å². The smallest absolute Gasteiger partial charge is 0.335 e. The number of piperazine rings is 1. The van der Waals surface area contributed by atoms with Crippen molar-refractivity contribution in [2.45, 2.75) is 25.9 Å². The zero-order valence-corrected chi connectivity index (χ0v) is 10.8. The highest BCUT2D eigenvalue weighted by molar-refractivity contribution is 5.84. The number of carbonyl (C=O) groups excluding carboxylic acids is 1. The third-order valence-corrected chi connectivity index (χ3v) is 2.91. The van der Waals surface area contributed by atoms with Crippen molar-refractivity contribution in [3.8, 4) is 0 Å². The number of alkyl halides is 5. The van der Waals surface area contributed by atoms with Crippen LogP contribution in [0.5, 0.6) is 0 Å². The first kappa shape index (κ1) is 16.1. The van der Waals surface area contributed by atoms with Crippen LogP contribution >= 0.6 is 0 Å². The van der Waals surface area contributed by atoms with E-state index in [1.54, 1.807) is 0 Å². The summed E-state index contributed by atoms with van der Waals surface area (Å²) in [6.07, 6.45) is -5.83. The first-order valence-corrected chi connectivity index (χ1v) is 6.02. The van der Waals surface area contributed by atoms with Crippen LogP contribution in [0.15, 0.2) is 0 Å². The van der Waals surface area contributed by atoms with Crippen molar-refractivity contribution < 1.29 is 26.7 Å². The highest BCUT2D eigenvalue weighted by Crippen LogP contribution is 2.37. The van der Waals surface area contributed by atoms with Gasteiger partial charge in [0.25, 0.3) is 0 Å². The van der Waals surface area contributed by atoms with Gasteiger partial charge in [0.2, 0.25) is 0 Å². The fraction of sp³-hybridized carbons (Fsp3) is 0.909. The Kier molecular flexibility index (Phi) is 4.76. The van der Waals surface area contributed by atoms with Crippen molar-refractivity contribution in [1.29, 1.82) is 0 Å². The van der Waals surface area contributed by atoms with E-state index in [9.17, 15) is 26.7 Å². The lowest BCUT2D eigenvalue weighted by Crippen LogP contribution is -2.57. The van der Waals surface area contributed by atoms with Gasteiger partial charge in [-0.2, -0.15) is 22.0 Å². The van der Waals surface area contributed by atoms with Crippen LogP contribution in [0.3, 0.4) is 0 Å². The molecule has 0 bridgehead atoms. The van der Waals surface area contributed by atoms with Crippen molar-refractivity contribution in [2.75, 3.05) is 32.7 Å². The number of carbonyl (C=O) groups is 1. The summed E-state index contributed by atoms with van der Waals surface area (Å²) in [5.41, 5.74) is 0. The predicted octanol–water partition coefficient (Wildman–Crippen LogP) is 1.98. The average Bonchev–Trinajstić information content (AvgIpc) is 2.26. The molecule has 8 heteroatoms. The molecule has 0 saturated carbocycles. The minimum absolute atomic E-state index is 0.1000. The van der Waals surface area contributed by atoms with Gasteiger partial charge in [-0.25, -0.2) is 0 Å². The van der Waals surface area contributed by atoms with E-state index in [1.807, 2.05) is 18.7 Å². The van der Waals surface area contributed by atoms with Crippen LogP contribution in [0.2, 0.25) is 0 Å². The fourth-order valence-electron chi connectivity index (χ4n) is 1.97. The molecule has 3 nitrogen and oxygen atoms in total. The van der Waals surface area contributed by atoms with E-state index in [1.165, 1.54) is 0 Å². The van der Waals surface area contributed by atoms with Crippen molar-refractivity contribution in [2.24, 2.45) is 5.92 Å². The molecule has 1 heterocycles. The van der Waals surface area contributed by atoms with Gasteiger partial charge in [0, 0.05) is 32.7 Å². The zero-order chi connectivity index (χ0) is 14.8. The van der Waals surface area contributed by atoms with E-state index in [4.69, 9.17) is 0 Å². The molecule has 0 aliphatic carbocycles. The minimum Gasteiger partial charge on any atom is -0.335 e. The summed E-state index contributed by atoms with van der Waals surface area (Å²) in [7, 11) is 0. The topological polar surface area (TPSA) is 23.6 Å². The van der Waals surface area contributed by atoms with Crippen molar-refractivity contribution in [1.82, 2.24) is 9.80 Å². The molecule has 1 fully saturated rings. The summed E-state index contributed by atoms with van der Waals surface area (Å²) in [4.78, 5) is 13.8. The number of amides is 1. The predicted molar refractivity (Wildman–Crippen MR) is 58.9 cm³/mol. The van der Waals surface area contributed by atoms with Crippen molar-refractivity contribution in [3.05, 3.63) is 0 Å². The first-order chi connectivity index (χ1) is 8.55. The number of hydrogen-bond donors (Lipinski definition) is 0. The molecule has 0 aromatic rings. The molecule has 0 spiro atoms. The van der Waals surface area contributed by atoms with Gasteiger partial charge in [-0.1, -0.05) is 13.8 Å². The number of halogens is 5. The summed E-state index contributed by atoms with van der Waals surface area (Å²) in [5, 5.41) is 0. The Morgan fingerprint density at radius 2 is 1.53 bits per heavy atom. The molecular formula is C11H17F5N2O. The summed E-state index contributed by atoms with van der Waals surface area (Å²) >= 11 is 0. The van der Waals surface area contributed by atoms with E-state index in [0.29, 0.717) is 23.9 Å². The van der Waals surface area contributed by atoms with E-state index in [2.05, 4.69) is 0 Å². The quantitative estimate of drug-likeness (QED) is 0.741. The Hall–Kier alpha value is -0.920. The Morgan fingerprint density at radius 3 is 1.89 bits per heavy atom. The molecule has 0 N–H and O–H groups in total. The van der Waals surface area contributed by atoms with Crippen LogP contribution < -0.4 is 0 Å². The van der Waals surface area contributed by atoms with E-state index in [-0.39, 0.29) is 13.1 Å². The van der Waals surface area contributed by atoms with Gasteiger partial charge in [-0.15, -0.1) is 0 Å². The zero-order valence-electron chi connectivity index (χ0n) is 10.8. The highest BCUT2D eigenvalue weighted by Gasteiger charge is 2.64. The van der Waals surface area contributed by atoms with Crippen molar-refractivity contribution >= 4 is 5.91 Å². The summed E-state index contributed by atoms with van der Waals surface area (Å²) < 4.78 is 62.0. The van der Waals surface area contributed by atoms with Gasteiger partial charge in [0.15, 0.2) is 0 Å². The largest absolute Gasteiger partial charge is 0.463 e. The molecule has 0 aromatic heterocycles. The Balaban J connectivity index is 2.59. The van der Waals surface area contributed by atoms with Crippen molar-refractivity contribution in [3.63, 3.8) is 0 Å². The molecular weight excluding hydrogens is 271 g/mol. The lowest BCUT2D eigenvalue weighted by atomic mass is 10.2. The fourth-order valence-corrected chi connectivity index (χ4v) is 1.97. The van der Waals surface area contributed by atoms with Gasteiger partial charge in [0.1, 0.15) is 0 Å². The third kappa shape index (κ3) is 3.77. The molecule has 112 valence electrons. The molecule has 1 aliphatic rings. The molecule has 1 saturated heterocycles. The summed E-state index contributed by atoms with van der Waals surface area (Å²) in [6, 6.07) is 0. The van der Waals surface area contributed by atoms with Crippen LogP contribution in [0, 0.1) is 5.92 Å². The molecule has 0 aromatic carbocycles. The van der Waals surface area contributed by atoms with Gasteiger partial charge in [-0.05, 0) is 5.92 Å². The van der Waals surface area contributed by atoms with Crippen LogP contribution in [-0.4, -0.2) is 60.5 Å². The Bertz CT molecular complexity index is 322. The lowest BCUT2D eigenvalue weighted by Gasteiger charge is -2.37. The monoisotopic (exact) mass is 288 g/mol. The standard InChI is InChI=1S/C11H17F5N2O/c1-8(2)7-17-3-5-18(6-4-17)9(19)10(12,13)11(14,15)16/h8H,3-7H2,1-2H3. The molecule has 1 aliphatic heterocycles. The molecule has 1 amide bonds. The SMILES string of the molecule is CC(C)CN1CCN(C(=O)C(F)(F)C(F)(F)F)CC1. The second-order valence-corrected chi connectivity index (χ2v) is 5.06. The summed E-state index contributed by atoms with van der Waals surface area (Å²) in [5.74, 6) is -7.07. The molecule has 0 unspecified atom stereocenters. The Labute approximate surface area is 108 Å². The Morgan fingerprint density at radius 1 is 1.05 bits per heavy atom. The maximum atomic E-state index is 12.9. The average molecular weight is 288 g/mol. The van der Waals surface area contributed by atoms with Crippen LogP contribution in [0.25, 0.3) is 0 Å². The first-order valence-electron chi connectivity index (χ1n) is 6.02. The number of rotatable bonds is 3. The second kappa shape index (κ2) is 5.60. The third-order valence-electron chi connectivity index (χ3n) is 2.91. The maximum Gasteiger partial charge on any atom is 0.463 e. The van der Waals surface area contributed by atoms with Gasteiger partial charge in [-0.3, -0.25) is 9.69 Å². The summed E-state index contributed by atoms with van der Waals surface area (Å²) in [6.45, 7) is 5.13. The molecule has 19 heavy (non-hydrogen) atoms. The maximum absolute atomic E-state index is 12.9. The molecule has 1 rings (SSSR count). The molecule has 0 radical (unpaired) electrons. The van der Waals surface area contributed by atoms with Gasteiger partial charge < -0.3 is 4.90 Å². The number of nitrogens with zero attached hydrogens (tertiary/aromatic N) is 2. The van der Waals surface area contributed by atoms with Crippen LogP contribution in [0.1, 0.15) is 13.8 Å². The highest BCUT2D eigenvalue weighted by atomic mass is 19.4. The normalized spacial score (nSPS) is 19.1. The molecule has 0 atom stereocenters. The van der Waals surface area contributed by atoms with Crippen LogP contribution in [-0.2, 0) is 4.79 Å². The lowest BCUT2D eigenvalue weighted by molar-refractivity contribution is -0.274. The van der Waals surface area contributed by atoms with Gasteiger partial charge in [0.05, 0.1) is 0 Å². The van der Waals surface area contributed by atoms with E-state index in [0.717, 1.165) is 6.54 Å². The van der Waals surface area contributed by atoms with Gasteiger partial charge >= 0.3 is 18.0 Å². The second-order valence-electron chi connectivity index (χ2n) is 5.06. The minimum atomic E-state index is -5.83. The van der Waals surface area contributed by atoms with Crippen LogP contribution in [0.4, 0.5) is 22.0 Å².